The molecule has 23 heavy (non-hydrogen) atoms. The summed E-state index contributed by atoms with van der Waals surface area (Å²) in [5.74, 6) is 0. The summed E-state index contributed by atoms with van der Waals surface area (Å²) >= 11 is 3.53. The number of amides is 1. The lowest BCUT2D eigenvalue weighted by Gasteiger charge is -2.29. The molecule has 1 aromatic rings. The van der Waals surface area contributed by atoms with Crippen LogP contribution in [0.25, 0.3) is 0 Å². The molecule has 1 aliphatic carbocycles. The number of ether oxygens (including phenoxy) is 1. The molecule has 0 radical (unpaired) electrons. The lowest BCUT2D eigenvalue weighted by molar-refractivity contribution is 0.0522. The van der Waals surface area contributed by atoms with E-state index in [4.69, 9.17) is 4.74 Å². The molecule has 5 heteroatoms. The van der Waals surface area contributed by atoms with Crippen LogP contribution >= 0.6 is 15.9 Å². The van der Waals surface area contributed by atoms with E-state index in [0.717, 1.165) is 23.7 Å². The largest absolute Gasteiger partial charge is 0.444 e. The lowest BCUT2D eigenvalue weighted by atomic mass is 9.88. The van der Waals surface area contributed by atoms with Crippen LogP contribution in [0.5, 0.6) is 0 Å². The Morgan fingerprint density at radius 3 is 2.83 bits per heavy atom. The Morgan fingerprint density at radius 1 is 1.39 bits per heavy atom. The lowest BCUT2D eigenvalue weighted by Crippen LogP contribution is -2.46. The Morgan fingerprint density at radius 2 is 2.13 bits per heavy atom. The third-order valence-corrected chi connectivity index (χ3v) is 4.36. The molecule has 1 aromatic carbocycles. The van der Waals surface area contributed by atoms with Gasteiger partial charge in [-0.2, -0.15) is 0 Å². The Balaban J connectivity index is 1.77. The zero-order valence-electron chi connectivity index (χ0n) is 14.4. The molecule has 0 heterocycles. The van der Waals surface area contributed by atoms with E-state index in [1.54, 1.807) is 0 Å². The average molecular weight is 383 g/mol. The van der Waals surface area contributed by atoms with Crippen LogP contribution < -0.4 is 10.6 Å². The quantitative estimate of drug-likeness (QED) is 0.832. The fourth-order valence-corrected chi connectivity index (χ4v) is 3.29. The number of halogens is 1. The summed E-state index contributed by atoms with van der Waals surface area (Å²) in [5.41, 5.74) is 2.41. The van der Waals surface area contributed by atoms with E-state index in [0.29, 0.717) is 12.6 Å². The second-order valence-electron chi connectivity index (χ2n) is 7.30. The fourth-order valence-electron chi connectivity index (χ4n) is 2.88. The van der Waals surface area contributed by atoms with Crippen LogP contribution in [-0.4, -0.2) is 30.3 Å². The van der Waals surface area contributed by atoms with E-state index in [-0.39, 0.29) is 12.1 Å². The molecule has 2 N–H and O–H groups in total. The van der Waals surface area contributed by atoms with E-state index < -0.39 is 5.60 Å². The van der Waals surface area contributed by atoms with Crippen molar-refractivity contribution >= 4 is 22.0 Å². The van der Waals surface area contributed by atoms with E-state index >= 15 is 0 Å². The molecule has 1 aliphatic rings. The molecule has 2 rings (SSSR count). The van der Waals surface area contributed by atoms with Crippen LogP contribution in [0.1, 0.15) is 45.2 Å². The SMILES string of the molecule is CC(CNC(=O)OC(C)(C)C)NC1CCc2cc(Br)ccc2C1. The topological polar surface area (TPSA) is 50.4 Å². The fraction of sp³-hybridized carbons (Fsp3) is 0.611. The van der Waals surface area contributed by atoms with Gasteiger partial charge in [0, 0.05) is 23.1 Å². The summed E-state index contributed by atoms with van der Waals surface area (Å²) in [6.45, 7) is 8.26. The third kappa shape index (κ3) is 6.15. The summed E-state index contributed by atoms with van der Waals surface area (Å²) in [5, 5.41) is 6.44. The van der Waals surface area contributed by atoms with Gasteiger partial charge < -0.3 is 15.4 Å². The molecule has 0 spiro atoms. The number of aryl methyl sites for hydroxylation is 1. The van der Waals surface area contributed by atoms with Gasteiger partial charge in [0.2, 0.25) is 0 Å². The second-order valence-corrected chi connectivity index (χ2v) is 8.22. The highest BCUT2D eigenvalue weighted by molar-refractivity contribution is 9.10. The number of carbonyl (C=O) groups excluding carboxylic acids is 1. The van der Waals surface area contributed by atoms with Crippen molar-refractivity contribution < 1.29 is 9.53 Å². The molecule has 0 aliphatic heterocycles. The first-order valence-corrected chi connectivity index (χ1v) is 9.02. The first-order chi connectivity index (χ1) is 10.7. The molecule has 0 bridgehead atoms. The highest BCUT2D eigenvalue weighted by atomic mass is 79.9. The van der Waals surface area contributed by atoms with Gasteiger partial charge in [-0.25, -0.2) is 4.79 Å². The smallest absolute Gasteiger partial charge is 0.407 e. The third-order valence-electron chi connectivity index (χ3n) is 3.87. The Hall–Kier alpha value is -1.07. The standard InChI is InChI=1S/C18H27BrN2O2/c1-12(11-20-17(22)23-18(2,3)4)21-16-8-6-13-9-15(19)7-5-14(13)10-16/h5,7,9,12,16,21H,6,8,10-11H2,1-4H3,(H,20,22). The number of carbonyl (C=O) groups is 1. The monoisotopic (exact) mass is 382 g/mol. The zero-order chi connectivity index (χ0) is 17.0. The van der Waals surface area contributed by atoms with Crippen molar-refractivity contribution in [1.82, 2.24) is 10.6 Å². The normalized spacial score (nSPS) is 18.9. The van der Waals surface area contributed by atoms with Crippen LogP contribution in [0.2, 0.25) is 0 Å². The predicted octanol–water partition coefficient (Wildman–Crippen LogP) is 3.81. The van der Waals surface area contributed by atoms with E-state index in [2.05, 4.69) is 51.7 Å². The Bertz CT molecular complexity index is 554. The van der Waals surface area contributed by atoms with Gasteiger partial charge in [-0.3, -0.25) is 0 Å². The number of rotatable bonds is 4. The van der Waals surface area contributed by atoms with Gasteiger partial charge >= 0.3 is 6.09 Å². The number of fused-ring (bicyclic) bond motifs is 1. The highest BCUT2D eigenvalue weighted by Crippen LogP contribution is 2.25. The van der Waals surface area contributed by atoms with E-state index in [1.165, 1.54) is 11.1 Å². The zero-order valence-corrected chi connectivity index (χ0v) is 16.0. The van der Waals surface area contributed by atoms with Crippen LogP contribution in [0.4, 0.5) is 4.79 Å². The maximum Gasteiger partial charge on any atom is 0.407 e. The van der Waals surface area contributed by atoms with Gasteiger partial charge in [0.1, 0.15) is 5.60 Å². The van der Waals surface area contributed by atoms with Gasteiger partial charge in [0.25, 0.3) is 0 Å². The molecule has 0 saturated heterocycles. The molecular weight excluding hydrogens is 356 g/mol. The van der Waals surface area contributed by atoms with Crippen molar-refractivity contribution in [3.05, 3.63) is 33.8 Å². The Kier molecular flexibility index (Phi) is 6.09. The minimum absolute atomic E-state index is 0.213. The molecule has 0 aromatic heterocycles. The second kappa shape index (κ2) is 7.67. The number of hydrogen-bond donors (Lipinski definition) is 2. The summed E-state index contributed by atoms with van der Waals surface area (Å²) in [7, 11) is 0. The number of benzene rings is 1. The molecule has 2 unspecified atom stereocenters. The van der Waals surface area contributed by atoms with Crippen molar-refractivity contribution in [2.75, 3.05) is 6.54 Å². The summed E-state index contributed by atoms with van der Waals surface area (Å²) in [6.07, 6.45) is 2.91. The van der Waals surface area contributed by atoms with Gasteiger partial charge in [-0.1, -0.05) is 22.0 Å². The Labute approximate surface area is 147 Å². The van der Waals surface area contributed by atoms with Crippen molar-refractivity contribution in [1.29, 1.82) is 0 Å². The summed E-state index contributed by atoms with van der Waals surface area (Å²) < 4.78 is 6.40. The van der Waals surface area contributed by atoms with Gasteiger partial charge in [-0.05, 0) is 70.2 Å². The first-order valence-electron chi connectivity index (χ1n) is 8.23. The molecule has 2 atom stereocenters. The molecule has 128 valence electrons. The maximum atomic E-state index is 11.7. The highest BCUT2D eigenvalue weighted by Gasteiger charge is 2.21. The van der Waals surface area contributed by atoms with Gasteiger partial charge in [0.05, 0.1) is 0 Å². The van der Waals surface area contributed by atoms with Crippen molar-refractivity contribution in [2.45, 2.75) is 64.6 Å². The van der Waals surface area contributed by atoms with Crippen molar-refractivity contribution in [3.8, 4) is 0 Å². The van der Waals surface area contributed by atoms with Crippen LogP contribution in [-0.2, 0) is 17.6 Å². The number of nitrogens with one attached hydrogen (secondary N) is 2. The summed E-state index contributed by atoms with van der Waals surface area (Å²) in [6, 6.07) is 7.20. The minimum Gasteiger partial charge on any atom is -0.444 e. The van der Waals surface area contributed by atoms with E-state index in [9.17, 15) is 4.79 Å². The molecule has 1 amide bonds. The first kappa shape index (κ1) is 18.3. The number of hydrogen-bond acceptors (Lipinski definition) is 3. The molecule has 0 fully saturated rings. The number of alkyl carbamates (subject to hydrolysis) is 1. The minimum atomic E-state index is -0.456. The predicted molar refractivity (Wildman–Crippen MR) is 96.8 cm³/mol. The molecular formula is C18H27BrN2O2. The summed E-state index contributed by atoms with van der Waals surface area (Å²) in [4.78, 5) is 11.7. The molecule has 4 nitrogen and oxygen atoms in total. The average Bonchev–Trinajstić information content (AvgIpc) is 2.43. The van der Waals surface area contributed by atoms with Gasteiger partial charge in [0.15, 0.2) is 0 Å². The van der Waals surface area contributed by atoms with E-state index in [1.807, 2.05) is 20.8 Å². The maximum absolute atomic E-state index is 11.7. The van der Waals surface area contributed by atoms with Crippen molar-refractivity contribution in [2.24, 2.45) is 0 Å². The van der Waals surface area contributed by atoms with Crippen LogP contribution in [0.3, 0.4) is 0 Å². The van der Waals surface area contributed by atoms with Crippen molar-refractivity contribution in [3.63, 3.8) is 0 Å². The molecule has 0 saturated carbocycles. The van der Waals surface area contributed by atoms with Crippen LogP contribution in [0, 0.1) is 0 Å². The van der Waals surface area contributed by atoms with Gasteiger partial charge in [-0.15, -0.1) is 0 Å². The van der Waals surface area contributed by atoms with Crippen LogP contribution in [0.15, 0.2) is 22.7 Å².